The third-order valence-corrected chi connectivity index (χ3v) is 3.64. The van der Waals surface area contributed by atoms with Gasteiger partial charge in [0, 0.05) is 34.3 Å². The van der Waals surface area contributed by atoms with Crippen LogP contribution in [-0.4, -0.2) is 0 Å². The summed E-state index contributed by atoms with van der Waals surface area (Å²) in [5.41, 5.74) is 1.23. The van der Waals surface area contributed by atoms with Gasteiger partial charge < -0.3 is 5.32 Å². The first-order valence-electron chi connectivity index (χ1n) is 6.09. The molecular formula is C15H13Cl2F2N. The third kappa shape index (κ3) is 3.69. The second-order valence-electron chi connectivity index (χ2n) is 4.50. The van der Waals surface area contributed by atoms with Crippen molar-refractivity contribution >= 4 is 23.2 Å². The van der Waals surface area contributed by atoms with E-state index in [0.29, 0.717) is 22.2 Å². The van der Waals surface area contributed by atoms with E-state index in [1.807, 2.05) is 0 Å². The molecule has 1 nitrogen and oxygen atoms in total. The Kier molecular flexibility index (Phi) is 4.97. The van der Waals surface area contributed by atoms with Crippen LogP contribution < -0.4 is 5.32 Å². The lowest BCUT2D eigenvalue weighted by Crippen LogP contribution is -2.19. The van der Waals surface area contributed by atoms with Crippen molar-refractivity contribution in [2.24, 2.45) is 0 Å². The minimum Gasteiger partial charge on any atom is -0.306 e. The van der Waals surface area contributed by atoms with Crippen molar-refractivity contribution in [1.82, 2.24) is 5.32 Å². The minimum atomic E-state index is -0.587. The quantitative estimate of drug-likeness (QED) is 0.825. The van der Waals surface area contributed by atoms with E-state index >= 15 is 0 Å². The lowest BCUT2D eigenvalue weighted by molar-refractivity contribution is 0.518. The predicted molar refractivity (Wildman–Crippen MR) is 78.1 cm³/mol. The van der Waals surface area contributed by atoms with Gasteiger partial charge in [-0.25, -0.2) is 8.78 Å². The van der Waals surface area contributed by atoms with E-state index in [1.165, 1.54) is 12.1 Å². The average Bonchev–Trinajstić information content (AvgIpc) is 2.39. The first-order valence-corrected chi connectivity index (χ1v) is 6.85. The maximum Gasteiger partial charge on any atom is 0.130 e. The molecule has 0 heterocycles. The molecule has 2 aromatic carbocycles. The van der Waals surface area contributed by atoms with Crippen LogP contribution in [0, 0.1) is 11.6 Å². The highest BCUT2D eigenvalue weighted by Gasteiger charge is 2.12. The van der Waals surface area contributed by atoms with Gasteiger partial charge in [-0.3, -0.25) is 0 Å². The predicted octanol–water partition coefficient (Wildman–Crippen LogP) is 5.12. The van der Waals surface area contributed by atoms with Crippen molar-refractivity contribution in [3.8, 4) is 0 Å². The monoisotopic (exact) mass is 315 g/mol. The van der Waals surface area contributed by atoms with E-state index in [4.69, 9.17) is 23.2 Å². The number of rotatable bonds is 4. The molecule has 1 unspecified atom stereocenters. The fourth-order valence-electron chi connectivity index (χ4n) is 1.90. The largest absolute Gasteiger partial charge is 0.306 e. The lowest BCUT2D eigenvalue weighted by atomic mass is 10.1. The van der Waals surface area contributed by atoms with E-state index in [0.717, 1.165) is 11.6 Å². The van der Waals surface area contributed by atoms with Crippen LogP contribution in [0.5, 0.6) is 0 Å². The van der Waals surface area contributed by atoms with Crippen LogP contribution in [-0.2, 0) is 6.54 Å². The van der Waals surface area contributed by atoms with Crippen molar-refractivity contribution in [3.63, 3.8) is 0 Å². The van der Waals surface area contributed by atoms with Crippen molar-refractivity contribution in [1.29, 1.82) is 0 Å². The Balaban J connectivity index is 2.08. The first kappa shape index (κ1) is 15.2. The third-order valence-electron chi connectivity index (χ3n) is 3.04. The van der Waals surface area contributed by atoms with Gasteiger partial charge in [0.25, 0.3) is 0 Å². The summed E-state index contributed by atoms with van der Waals surface area (Å²) in [7, 11) is 0. The molecule has 0 saturated heterocycles. The molecule has 0 radical (unpaired) electrons. The Morgan fingerprint density at radius 3 is 2.55 bits per heavy atom. The van der Waals surface area contributed by atoms with Crippen molar-refractivity contribution in [2.45, 2.75) is 19.5 Å². The van der Waals surface area contributed by atoms with Crippen LogP contribution in [0.1, 0.15) is 24.1 Å². The summed E-state index contributed by atoms with van der Waals surface area (Å²) in [4.78, 5) is 0. The molecule has 0 aliphatic carbocycles. The molecular weight excluding hydrogens is 303 g/mol. The fourth-order valence-corrected chi connectivity index (χ4v) is 2.28. The summed E-state index contributed by atoms with van der Waals surface area (Å²) in [6, 6.07) is 8.45. The molecule has 2 rings (SSSR count). The molecule has 5 heteroatoms. The maximum absolute atomic E-state index is 13.6. The topological polar surface area (TPSA) is 12.0 Å². The summed E-state index contributed by atoms with van der Waals surface area (Å²) in [6.45, 7) is 2.24. The average molecular weight is 316 g/mol. The van der Waals surface area contributed by atoms with Crippen LogP contribution in [0.15, 0.2) is 36.4 Å². The Bertz CT molecular complexity index is 617. The Morgan fingerprint density at radius 2 is 1.85 bits per heavy atom. The molecule has 106 valence electrons. The second kappa shape index (κ2) is 6.53. The molecule has 0 bridgehead atoms. The van der Waals surface area contributed by atoms with E-state index in [1.54, 1.807) is 25.1 Å². The Morgan fingerprint density at radius 1 is 1.10 bits per heavy atom. The molecule has 0 spiro atoms. The van der Waals surface area contributed by atoms with Crippen molar-refractivity contribution in [3.05, 3.63) is 69.2 Å². The Labute approximate surface area is 126 Å². The van der Waals surface area contributed by atoms with Crippen LogP contribution in [0.25, 0.3) is 0 Å². The van der Waals surface area contributed by atoms with Crippen LogP contribution in [0.4, 0.5) is 8.78 Å². The number of halogens is 4. The number of nitrogens with one attached hydrogen (secondary N) is 1. The molecule has 0 amide bonds. The van der Waals surface area contributed by atoms with Gasteiger partial charge in [0.15, 0.2) is 0 Å². The molecule has 1 N–H and O–H groups in total. The molecule has 0 aliphatic heterocycles. The second-order valence-corrected chi connectivity index (χ2v) is 5.35. The lowest BCUT2D eigenvalue weighted by Gasteiger charge is -2.16. The summed E-state index contributed by atoms with van der Waals surface area (Å²) < 4.78 is 26.5. The van der Waals surface area contributed by atoms with Gasteiger partial charge in [-0.1, -0.05) is 29.3 Å². The minimum absolute atomic E-state index is 0.273. The number of hydrogen-bond donors (Lipinski definition) is 1. The zero-order chi connectivity index (χ0) is 14.7. The van der Waals surface area contributed by atoms with E-state index in [-0.39, 0.29) is 6.04 Å². The standard InChI is InChI=1S/C15H13Cl2F2N/c1-9(13-4-3-12(18)7-15(13)19)20-8-10-6-11(16)2-5-14(10)17/h2-7,9,20H,8H2,1H3. The molecule has 0 saturated carbocycles. The normalized spacial score (nSPS) is 12.4. The summed E-state index contributed by atoms with van der Waals surface area (Å²) in [6.07, 6.45) is 0. The van der Waals surface area contributed by atoms with Crippen LogP contribution in [0.3, 0.4) is 0 Å². The zero-order valence-electron chi connectivity index (χ0n) is 10.8. The maximum atomic E-state index is 13.6. The van der Waals surface area contributed by atoms with Crippen LogP contribution >= 0.6 is 23.2 Å². The summed E-state index contributed by atoms with van der Waals surface area (Å²) in [5.74, 6) is -1.15. The van der Waals surface area contributed by atoms with Gasteiger partial charge in [0.2, 0.25) is 0 Å². The highest BCUT2D eigenvalue weighted by Crippen LogP contribution is 2.22. The highest BCUT2D eigenvalue weighted by atomic mass is 35.5. The molecule has 0 fully saturated rings. The first-order chi connectivity index (χ1) is 9.47. The van der Waals surface area contributed by atoms with Gasteiger partial charge in [-0.2, -0.15) is 0 Å². The Hall–Kier alpha value is -1.16. The molecule has 1 atom stereocenters. The SMILES string of the molecule is CC(NCc1cc(Cl)ccc1Cl)c1ccc(F)cc1F. The van der Waals surface area contributed by atoms with Gasteiger partial charge in [-0.05, 0) is 36.8 Å². The van der Waals surface area contributed by atoms with Gasteiger partial charge >= 0.3 is 0 Å². The highest BCUT2D eigenvalue weighted by molar-refractivity contribution is 6.33. The molecule has 0 aliphatic rings. The van der Waals surface area contributed by atoms with E-state index < -0.39 is 11.6 Å². The smallest absolute Gasteiger partial charge is 0.130 e. The fraction of sp³-hybridized carbons (Fsp3) is 0.200. The number of hydrogen-bond acceptors (Lipinski definition) is 1. The van der Waals surface area contributed by atoms with Crippen molar-refractivity contribution in [2.75, 3.05) is 0 Å². The van der Waals surface area contributed by atoms with Gasteiger partial charge in [0.05, 0.1) is 0 Å². The van der Waals surface area contributed by atoms with Gasteiger partial charge in [-0.15, -0.1) is 0 Å². The van der Waals surface area contributed by atoms with Crippen LogP contribution in [0.2, 0.25) is 10.0 Å². The molecule has 0 aromatic heterocycles. The summed E-state index contributed by atoms with van der Waals surface area (Å²) >= 11 is 12.0. The van der Waals surface area contributed by atoms with Crippen molar-refractivity contribution < 1.29 is 8.78 Å². The zero-order valence-corrected chi connectivity index (χ0v) is 12.3. The number of benzene rings is 2. The van der Waals surface area contributed by atoms with E-state index in [9.17, 15) is 8.78 Å². The summed E-state index contributed by atoms with van der Waals surface area (Å²) in [5, 5.41) is 4.32. The molecule has 20 heavy (non-hydrogen) atoms. The van der Waals surface area contributed by atoms with E-state index in [2.05, 4.69) is 5.32 Å². The van der Waals surface area contributed by atoms with Gasteiger partial charge in [0.1, 0.15) is 11.6 Å². The molecule has 2 aromatic rings.